The highest BCUT2D eigenvalue weighted by Crippen LogP contribution is 2.23. The van der Waals surface area contributed by atoms with Gasteiger partial charge in [-0.15, -0.1) is 0 Å². The van der Waals surface area contributed by atoms with Gasteiger partial charge in [-0.3, -0.25) is 0 Å². The van der Waals surface area contributed by atoms with E-state index in [4.69, 9.17) is 11.5 Å². The maximum absolute atomic E-state index is 6.16. The molecule has 2 atom stereocenters. The van der Waals surface area contributed by atoms with Crippen molar-refractivity contribution in [2.45, 2.75) is 58.0 Å². The Morgan fingerprint density at radius 1 is 1.12 bits per heavy atom. The van der Waals surface area contributed by atoms with Crippen LogP contribution in [-0.4, -0.2) is 5.54 Å². The van der Waals surface area contributed by atoms with Crippen LogP contribution in [0.5, 0.6) is 0 Å². The highest BCUT2D eigenvalue weighted by Gasteiger charge is 2.17. The number of nitrogens with two attached hydrogens (primary N) is 2. The molecule has 0 amide bonds. The van der Waals surface area contributed by atoms with Crippen LogP contribution in [-0.2, 0) is 0 Å². The smallest absolute Gasteiger partial charge is 0.0312 e. The predicted octanol–water partition coefficient (Wildman–Crippen LogP) is 3.33. The lowest BCUT2D eigenvalue weighted by Gasteiger charge is -2.23. The minimum atomic E-state index is -0.213. The third-order valence-electron chi connectivity index (χ3n) is 3.29. The number of rotatable bonds is 5. The molecule has 4 N–H and O–H groups in total. The molecule has 1 aromatic rings. The van der Waals surface area contributed by atoms with Crippen LogP contribution in [0, 0.1) is 0 Å². The van der Waals surface area contributed by atoms with E-state index in [0.717, 1.165) is 6.42 Å². The summed E-state index contributed by atoms with van der Waals surface area (Å²) in [5.41, 5.74) is 14.5. The van der Waals surface area contributed by atoms with Gasteiger partial charge in [0.25, 0.3) is 0 Å². The molecule has 2 nitrogen and oxygen atoms in total. The van der Waals surface area contributed by atoms with Crippen molar-refractivity contribution in [3.63, 3.8) is 0 Å². The van der Waals surface area contributed by atoms with Gasteiger partial charge >= 0.3 is 0 Å². The molecule has 0 saturated heterocycles. The standard InChI is InChI=1S/C15H26N2/c1-5-11(2)12-6-8-13(9-7-12)14(16)10-15(3,4)17/h6-9,11,14H,5,10,16-17H2,1-4H3. The van der Waals surface area contributed by atoms with Crippen LogP contribution in [0.2, 0.25) is 0 Å². The van der Waals surface area contributed by atoms with E-state index in [2.05, 4.69) is 38.1 Å². The Labute approximate surface area is 105 Å². The lowest BCUT2D eigenvalue weighted by Crippen LogP contribution is -2.35. The van der Waals surface area contributed by atoms with Gasteiger partial charge in [-0.2, -0.15) is 0 Å². The summed E-state index contributed by atoms with van der Waals surface area (Å²) in [5, 5.41) is 0. The van der Waals surface area contributed by atoms with Crippen LogP contribution in [0.3, 0.4) is 0 Å². The van der Waals surface area contributed by atoms with E-state index in [-0.39, 0.29) is 11.6 Å². The van der Waals surface area contributed by atoms with Gasteiger partial charge in [0, 0.05) is 11.6 Å². The van der Waals surface area contributed by atoms with Crippen LogP contribution >= 0.6 is 0 Å². The Balaban J connectivity index is 2.74. The Morgan fingerprint density at radius 3 is 2.00 bits per heavy atom. The van der Waals surface area contributed by atoms with E-state index in [1.807, 2.05) is 13.8 Å². The third kappa shape index (κ3) is 4.49. The zero-order valence-electron chi connectivity index (χ0n) is 11.5. The largest absolute Gasteiger partial charge is 0.325 e. The third-order valence-corrected chi connectivity index (χ3v) is 3.29. The first-order valence-corrected chi connectivity index (χ1v) is 6.48. The summed E-state index contributed by atoms with van der Waals surface area (Å²) in [6.45, 7) is 8.49. The van der Waals surface area contributed by atoms with Crippen molar-refractivity contribution in [3.8, 4) is 0 Å². The van der Waals surface area contributed by atoms with Gasteiger partial charge in [0.15, 0.2) is 0 Å². The van der Waals surface area contributed by atoms with Crippen LogP contribution < -0.4 is 11.5 Å². The van der Waals surface area contributed by atoms with Crippen LogP contribution in [0.1, 0.15) is 63.6 Å². The molecule has 0 spiro atoms. The van der Waals surface area contributed by atoms with E-state index in [1.54, 1.807) is 0 Å². The topological polar surface area (TPSA) is 52.0 Å². The summed E-state index contributed by atoms with van der Waals surface area (Å²) in [4.78, 5) is 0. The average Bonchev–Trinajstić information content (AvgIpc) is 2.26. The second-order valence-corrected chi connectivity index (χ2v) is 5.78. The fourth-order valence-electron chi connectivity index (χ4n) is 1.99. The summed E-state index contributed by atoms with van der Waals surface area (Å²) in [6, 6.07) is 8.68. The summed E-state index contributed by atoms with van der Waals surface area (Å²) >= 11 is 0. The van der Waals surface area contributed by atoms with E-state index >= 15 is 0 Å². The maximum atomic E-state index is 6.16. The highest BCUT2D eigenvalue weighted by atomic mass is 14.7. The molecule has 96 valence electrons. The van der Waals surface area contributed by atoms with Gasteiger partial charge in [0.2, 0.25) is 0 Å². The Hall–Kier alpha value is -0.860. The van der Waals surface area contributed by atoms with Gasteiger partial charge in [-0.05, 0) is 43.7 Å². The normalized spacial score (nSPS) is 15.6. The second-order valence-electron chi connectivity index (χ2n) is 5.78. The van der Waals surface area contributed by atoms with Crippen molar-refractivity contribution in [1.82, 2.24) is 0 Å². The van der Waals surface area contributed by atoms with Crippen LogP contribution in [0.25, 0.3) is 0 Å². The molecular weight excluding hydrogens is 208 g/mol. The van der Waals surface area contributed by atoms with Crippen molar-refractivity contribution < 1.29 is 0 Å². The molecule has 0 radical (unpaired) electrons. The summed E-state index contributed by atoms with van der Waals surface area (Å²) < 4.78 is 0. The molecule has 2 unspecified atom stereocenters. The van der Waals surface area contributed by atoms with E-state index in [0.29, 0.717) is 5.92 Å². The average molecular weight is 234 g/mol. The monoisotopic (exact) mass is 234 g/mol. The number of hydrogen-bond donors (Lipinski definition) is 2. The maximum Gasteiger partial charge on any atom is 0.0312 e. The SMILES string of the molecule is CCC(C)c1ccc(C(N)CC(C)(C)N)cc1. The van der Waals surface area contributed by atoms with Gasteiger partial charge in [-0.25, -0.2) is 0 Å². The minimum Gasteiger partial charge on any atom is -0.325 e. The molecule has 0 aromatic heterocycles. The molecule has 0 fully saturated rings. The lowest BCUT2D eigenvalue weighted by molar-refractivity contribution is 0.429. The number of hydrogen-bond acceptors (Lipinski definition) is 2. The predicted molar refractivity (Wildman–Crippen MR) is 75.0 cm³/mol. The molecular formula is C15H26N2. The van der Waals surface area contributed by atoms with Crippen LogP contribution in [0.15, 0.2) is 24.3 Å². The quantitative estimate of drug-likeness (QED) is 0.821. The van der Waals surface area contributed by atoms with Crippen molar-refractivity contribution in [2.75, 3.05) is 0 Å². The molecule has 0 aliphatic heterocycles. The fourth-order valence-corrected chi connectivity index (χ4v) is 1.99. The Morgan fingerprint density at radius 2 is 1.59 bits per heavy atom. The minimum absolute atomic E-state index is 0.0287. The fraction of sp³-hybridized carbons (Fsp3) is 0.600. The second kappa shape index (κ2) is 5.65. The van der Waals surface area contributed by atoms with E-state index in [1.165, 1.54) is 17.5 Å². The first-order valence-electron chi connectivity index (χ1n) is 6.48. The molecule has 1 aromatic carbocycles. The highest BCUT2D eigenvalue weighted by molar-refractivity contribution is 5.27. The van der Waals surface area contributed by atoms with Crippen molar-refractivity contribution in [3.05, 3.63) is 35.4 Å². The van der Waals surface area contributed by atoms with Gasteiger partial charge < -0.3 is 11.5 Å². The lowest BCUT2D eigenvalue weighted by atomic mass is 9.91. The molecule has 2 heteroatoms. The van der Waals surface area contributed by atoms with E-state index < -0.39 is 0 Å². The molecule has 0 bridgehead atoms. The van der Waals surface area contributed by atoms with Crippen molar-refractivity contribution >= 4 is 0 Å². The zero-order chi connectivity index (χ0) is 13.1. The zero-order valence-corrected chi connectivity index (χ0v) is 11.5. The van der Waals surface area contributed by atoms with Crippen molar-refractivity contribution in [1.29, 1.82) is 0 Å². The summed E-state index contributed by atoms with van der Waals surface area (Å²) in [6.07, 6.45) is 1.97. The van der Waals surface area contributed by atoms with Gasteiger partial charge in [-0.1, -0.05) is 38.1 Å². The number of benzene rings is 1. The Bertz CT molecular complexity index is 335. The van der Waals surface area contributed by atoms with Crippen LogP contribution in [0.4, 0.5) is 0 Å². The molecule has 1 rings (SSSR count). The Kier molecular flexibility index (Phi) is 4.72. The molecule has 0 saturated carbocycles. The first-order chi connectivity index (χ1) is 7.83. The molecule has 0 aliphatic carbocycles. The summed E-state index contributed by atoms with van der Waals surface area (Å²) in [7, 11) is 0. The van der Waals surface area contributed by atoms with Gasteiger partial charge in [0.05, 0.1) is 0 Å². The first kappa shape index (κ1) is 14.2. The molecule has 0 aliphatic rings. The molecule has 0 heterocycles. The van der Waals surface area contributed by atoms with Gasteiger partial charge in [0.1, 0.15) is 0 Å². The summed E-state index contributed by atoms with van der Waals surface area (Å²) in [5.74, 6) is 0.617. The van der Waals surface area contributed by atoms with E-state index in [9.17, 15) is 0 Å². The van der Waals surface area contributed by atoms with Crippen molar-refractivity contribution in [2.24, 2.45) is 11.5 Å². The molecule has 17 heavy (non-hydrogen) atoms.